The zero-order valence-corrected chi connectivity index (χ0v) is 12.6. The first-order valence-electron chi connectivity index (χ1n) is 7.68. The van der Waals surface area contributed by atoms with E-state index in [1.807, 2.05) is 6.26 Å². The fourth-order valence-electron chi connectivity index (χ4n) is 2.72. The van der Waals surface area contributed by atoms with Crippen LogP contribution in [0.2, 0.25) is 0 Å². The highest BCUT2D eigenvalue weighted by molar-refractivity contribution is 5.21. The van der Waals surface area contributed by atoms with E-state index in [2.05, 4.69) is 55.6 Å². The molecule has 108 valence electrons. The van der Waals surface area contributed by atoms with E-state index >= 15 is 0 Å². The molecule has 0 amide bonds. The van der Waals surface area contributed by atoms with Crippen molar-refractivity contribution in [3.05, 3.63) is 59.5 Å². The Morgan fingerprint density at radius 3 is 2.60 bits per heavy atom. The second-order valence-corrected chi connectivity index (χ2v) is 5.14. The molecule has 2 aromatic rings. The van der Waals surface area contributed by atoms with E-state index in [1.165, 1.54) is 17.5 Å². The first kappa shape index (κ1) is 14.9. The van der Waals surface area contributed by atoms with E-state index in [1.54, 1.807) is 0 Å². The van der Waals surface area contributed by atoms with Gasteiger partial charge in [0.15, 0.2) is 0 Å². The standard InChI is InChI=1S/C18H25NO/c1-3-18-16(13-14-20-18)17(19-4-2)12-8-11-15-9-6-5-7-10-15/h5-7,9-10,13-14,17,19H,3-4,8,11-12H2,1-2H3. The molecule has 0 fully saturated rings. The van der Waals surface area contributed by atoms with Crippen LogP contribution in [0.3, 0.4) is 0 Å². The summed E-state index contributed by atoms with van der Waals surface area (Å²) in [5.41, 5.74) is 2.76. The van der Waals surface area contributed by atoms with Crippen LogP contribution >= 0.6 is 0 Å². The molecule has 2 rings (SSSR count). The zero-order chi connectivity index (χ0) is 14.2. The molecule has 0 radical (unpaired) electrons. The van der Waals surface area contributed by atoms with Gasteiger partial charge >= 0.3 is 0 Å². The van der Waals surface area contributed by atoms with Crippen LogP contribution < -0.4 is 5.32 Å². The smallest absolute Gasteiger partial charge is 0.108 e. The van der Waals surface area contributed by atoms with Gasteiger partial charge in [0.05, 0.1) is 6.26 Å². The van der Waals surface area contributed by atoms with Crippen molar-refractivity contribution in [3.63, 3.8) is 0 Å². The normalized spacial score (nSPS) is 12.5. The van der Waals surface area contributed by atoms with Crippen molar-refractivity contribution in [3.8, 4) is 0 Å². The van der Waals surface area contributed by atoms with Gasteiger partial charge < -0.3 is 9.73 Å². The van der Waals surface area contributed by atoms with Crippen molar-refractivity contribution in [1.82, 2.24) is 5.32 Å². The van der Waals surface area contributed by atoms with Crippen LogP contribution in [0.25, 0.3) is 0 Å². The van der Waals surface area contributed by atoms with Gasteiger partial charge in [0.25, 0.3) is 0 Å². The van der Waals surface area contributed by atoms with Crippen LogP contribution in [0.1, 0.15) is 49.6 Å². The Balaban J connectivity index is 1.93. The maximum Gasteiger partial charge on any atom is 0.108 e. The summed E-state index contributed by atoms with van der Waals surface area (Å²) < 4.78 is 5.57. The van der Waals surface area contributed by atoms with E-state index < -0.39 is 0 Å². The number of hydrogen-bond acceptors (Lipinski definition) is 2. The lowest BCUT2D eigenvalue weighted by molar-refractivity contribution is 0.466. The molecule has 1 aromatic heterocycles. The molecule has 2 nitrogen and oxygen atoms in total. The Bertz CT molecular complexity index is 489. The van der Waals surface area contributed by atoms with Gasteiger partial charge in [-0.05, 0) is 37.4 Å². The molecule has 20 heavy (non-hydrogen) atoms. The van der Waals surface area contributed by atoms with Crippen LogP contribution in [0.15, 0.2) is 47.1 Å². The Morgan fingerprint density at radius 2 is 1.90 bits per heavy atom. The van der Waals surface area contributed by atoms with Crippen molar-refractivity contribution in [2.75, 3.05) is 6.54 Å². The second-order valence-electron chi connectivity index (χ2n) is 5.14. The summed E-state index contributed by atoms with van der Waals surface area (Å²) >= 11 is 0. The molecule has 0 aliphatic heterocycles. The van der Waals surface area contributed by atoms with Crippen LogP contribution in [0.5, 0.6) is 0 Å². The Hall–Kier alpha value is -1.54. The second kappa shape index (κ2) is 7.91. The molecule has 1 aromatic carbocycles. The van der Waals surface area contributed by atoms with Crippen LogP contribution in [-0.2, 0) is 12.8 Å². The van der Waals surface area contributed by atoms with E-state index in [-0.39, 0.29) is 0 Å². The van der Waals surface area contributed by atoms with Gasteiger partial charge in [0.2, 0.25) is 0 Å². The third-order valence-corrected chi connectivity index (χ3v) is 3.73. The molecule has 0 spiro atoms. The first-order chi connectivity index (χ1) is 9.85. The Morgan fingerprint density at radius 1 is 1.10 bits per heavy atom. The first-order valence-corrected chi connectivity index (χ1v) is 7.68. The molecule has 2 heteroatoms. The van der Waals surface area contributed by atoms with Crippen molar-refractivity contribution in [2.45, 2.75) is 45.6 Å². The zero-order valence-electron chi connectivity index (χ0n) is 12.6. The van der Waals surface area contributed by atoms with Crippen molar-refractivity contribution < 1.29 is 4.42 Å². The monoisotopic (exact) mass is 271 g/mol. The summed E-state index contributed by atoms with van der Waals surface area (Å²) in [6.07, 6.45) is 6.26. The summed E-state index contributed by atoms with van der Waals surface area (Å²) in [6.45, 7) is 5.30. The van der Waals surface area contributed by atoms with Gasteiger partial charge in [-0.25, -0.2) is 0 Å². The quantitative estimate of drug-likeness (QED) is 0.764. The van der Waals surface area contributed by atoms with Gasteiger partial charge in [-0.1, -0.05) is 44.2 Å². The number of rotatable bonds is 8. The molecule has 0 aliphatic rings. The molecule has 0 aliphatic carbocycles. The van der Waals surface area contributed by atoms with Gasteiger partial charge in [-0.2, -0.15) is 0 Å². The van der Waals surface area contributed by atoms with Crippen LogP contribution in [0, 0.1) is 0 Å². The summed E-state index contributed by atoms with van der Waals surface area (Å²) in [5.74, 6) is 1.12. The topological polar surface area (TPSA) is 25.2 Å². The molecule has 1 N–H and O–H groups in total. The fourth-order valence-corrected chi connectivity index (χ4v) is 2.72. The fraction of sp³-hybridized carbons (Fsp3) is 0.444. The lowest BCUT2D eigenvalue weighted by Crippen LogP contribution is -2.21. The SMILES string of the molecule is CCNC(CCCc1ccccc1)c1ccoc1CC. The predicted molar refractivity (Wildman–Crippen MR) is 83.9 cm³/mol. The number of furan rings is 1. The largest absolute Gasteiger partial charge is 0.469 e. The lowest BCUT2D eigenvalue weighted by atomic mass is 9.98. The van der Waals surface area contributed by atoms with Crippen molar-refractivity contribution in [1.29, 1.82) is 0 Å². The Labute approximate surface area is 122 Å². The third-order valence-electron chi connectivity index (χ3n) is 3.73. The van der Waals surface area contributed by atoms with E-state index in [4.69, 9.17) is 4.42 Å². The maximum absolute atomic E-state index is 5.57. The minimum Gasteiger partial charge on any atom is -0.469 e. The molecular weight excluding hydrogens is 246 g/mol. The molecule has 1 unspecified atom stereocenters. The number of hydrogen-bond donors (Lipinski definition) is 1. The molecular formula is C18H25NO. The van der Waals surface area contributed by atoms with Crippen molar-refractivity contribution >= 4 is 0 Å². The minimum absolute atomic E-state index is 0.414. The molecule has 0 saturated carbocycles. The summed E-state index contributed by atoms with van der Waals surface area (Å²) in [6, 6.07) is 13.2. The average Bonchev–Trinajstić information content (AvgIpc) is 2.96. The third kappa shape index (κ3) is 3.97. The average molecular weight is 271 g/mol. The van der Waals surface area contributed by atoms with Crippen LogP contribution in [-0.4, -0.2) is 6.54 Å². The highest BCUT2D eigenvalue weighted by Crippen LogP contribution is 2.24. The highest BCUT2D eigenvalue weighted by atomic mass is 16.3. The van der Waals surface area contributed by atoms with Crippen molar-refractivity contribution in [2.24, 2.45) is 0 Å². The number of aryl methyl sites for hydroxylation is 2. The summed E-state index contributed by atoms with van der Waals surface area (Å²) in [5, 5.41) is 3.59. The van der Waals surface area contributed by atoms with E-state index in [0.29, 0.717) is 6.04 Å². The number of nitrogens with one attached hydrogen (secondary N) is 1. The molecule has 0 saturated heterocycles. The Kier molecular flexibility index (Phi) is 5.87. The summed E-state index contributed by atoms with van der Waals surface area (Å²) in [4.78, 5) is 0. The summed E-state index contributed by atoms with van der Waals surface area (Å²) in [7, 11) is 0. The molecule has 1 heterocycles. The van der Waals surface area contributed by atoms with E-state index in [0.717, 1.165) is 31.6 Å². The molecule has 0 bridgehead atoms. The van der Waals surface area contributed by atoms with Gasteiger partial charge in [-0.3, -0.25) is 0 Å². The maximum atomic E-state index is 5.57. The number of benzene rings is 1. The highest BCUT2D eigenvalue weighted by Gasteiger charge is 2.15. The molecule has 1 atom stereocenters. The van der Waals surface area contributed by atoms with Gasteiger partial charge in [-0.15, -0.1) is 0 Å². The minimum atomic E-state index is 0.414. The van der Waals surface area contributed by atoms with Crippen LogP contribution in [0.4, 0.5) is 0 Å². The lowest BCUT2D eigenvalue weighted by Gasteiger charge is -2.18. The van der Waals surface area contributed by atoms with E-state index in [9.17, 15) is 0 Å². The van der Waals surface area contributed by atoms with Gasteiger partial charge in [0.1, 0.15) is 5.76 Å². The van der Waals surface area contributed by atoms with Gasteiger partial charge in [0, 0.05) is 18.0 Å². The predicted octanol–water partition coefficient (Wildman–Crippen LogP) is 4.52.